The summed E-state index contributed by atoms with van der Waals surface area (Å²) >= 11 is 0. The fourth-order valence-corrected chi connectivity index (χ4v) is 3.20. The normalized spacial score (nSPS) is 26.7. The molecule has 0 aromatic heterocycles. The summed E-state index contributed by atoms with van der Waals surface area (Å²) < 4.78 is 5.55. The Morgan fingerprint density at radius 2 is 2.28 bits per heavy atom. The lowest BCUT2D eigenvalue weighted by molar-refractivity contribution is 0.322. The molecule has 1 fully saturated rings. The van der Waals surface area contributed by atoms with Crippen molar-refractivity contribution in [2.45, 2.75) is 57.5 Å². The van der Waals surface area contributed by atoms with Crippen molar-refractivity contribution < 1.29 is 4.74 Å². The van der Waals surface area contributed by atoms with Gasteiger partial charge in [-0.25, -0.2) is 0 Å². The van der Waals surface area contributed by atoms with Gasteiger partial charge in [-0.3, -0.25) is 0 Å². The topological polar surface area (TPSA) is 21.3 Å². The zero-order valence-corrected chi connectivity index (χ0v) is 11.2. The van der Waals surface area contributed by atoms with Crippen LogP contribution in [0.1, 0.15) is 43.7 Å². The van der Waals surface area contributed by atoms with Gasteiger partial charge < -0.3 is 10.1 Å². The maximum atomic E-state index is 5.55. The third-order valence-electron chi connectivity index (χ3n) is 4.25. The Morgan fingerprint density at radius 3 is 3.17 bits per heavy atom. The van der Waals surface area contributed by atoms with Gasteiger partial charge in [0, 0.05) is 18.5 Å². The van der Waals surface area contributed by atoms with Crippen LogP contribution in [0, 0.1) is 0 Å². The molecule has 0 saturated carbocycles. The summed E-state index contributed by atoms with van der Waals surface area (Å²) in [5, 5.41) is 3.71. The van der Waals surface area contributed by atoms with Crippen LogP contribution >= 0.6 is 0 Å². The van der Waals surface area contributed by atoms with Gasteiger partial charge in [-0.05, 0) is 49.8 Å². The van der Waals surface area contributed by atoms with Crippen LogP contribution in [0.4, 0.5) is 0 Å². The van der Waals surface area contributed by atoms with E-state index in [4.69, 9.17) is 4.74 Å². The zero-order valence-electron chi connectivity index (χ0n) is 11.2. The molecule has 1 aromatic carbocycles. The SMILES string of the molecule is CC1CCCC(CCc2ccc3c(c2)CCO3)N1. The first-order valence-electron chi connectivity index (χ1n) is 7.32. The lowest BCUT2D eigenvalue weighted by Crippen LogP contribution is -2.40. The van der Waals surface area contributed by atoms with Crippen molar-refractivity contribution in [1.29, 1.82) is 0 Å². The minimum Gasteiger partial charge on any atom is -0.493 e. The number of ether oxygens (including phenoxy) is 1. The number of nitrogens with one attached hydrogen (secondary N) is 1. The van der Waals surface area contributed by atoms with Gasteiger partial charge in [0.1, 0.15) is 5.75 Å². The molecule has 98 valence electrons. The van der Waals surface area contributed by atoms with E-state index in [-0.39, 0.29) is 0 Å². The van der Waals surface area contributed by atoms with E-state index in [2.05, 4.69) is 30.4 Å². The molecule has 0 spiro atoms. The average molecular weight is 245 g/mol. The van der Waals surface area contributed by atoms with Gasteiger partial charge in [0.15, 0.2) is 0 Å². The molecule has 3 rings (SSSR count). The van der Waals surface area contributed by atoms with Crippen LogP contribution in [0.15, 0.2) is 18.2 Å². The molecule has 2 heterocycles. The summed E-state index contributed by atoms with van der Waals surface area (Å²) in [4.78, 5) is 0. The van der Waals surface area contributed by atoms with E-state index in [1.807, 2.05) is 0 Å². The molecule has 2 unspecified atom stereocenters. The third-order valence-corrected chi connectivity index (χ3v) is 4.25. The minimum atomic E-state index is 0.706. The van der Waals surface area contributed by atoms with Gasteiger partial charge in [-0.2, -0.15) is 0 Å². The predicted octanol–water partition coefficient (Wildman–Crippen LogP) is 3.08. The Bertz CT molecular complexity index is 416. The zero-order chi connectivity index (χ0) is 12.4. The van der Waals surface area contributed by atoms with Crippen LogP contribution in [0.25, 0.3) is 0 Å². The molecule has 0 amide bonds. The quantitative estimate of drug-likeness (QED) is 0.883. The first-order chi connectivity index (χ1) is 8.81. The van der Waals surface area contributed by atoms with Crippen LogP contribution in [0.2, 0.25) is 0 Å². The highest BCUT2D eigenvalue weighted by Crippen LogP contribution is 2.26. The number of hydrogen-bond donors (Lipinski definition) is 1. The summed E-state index contributed by atoms with van der Waals surface area (Å²) in [5.74, 6) is 1.10. The average Bonchev–Trinajstić information content (AvgIpc) is 2.84. The minimum absolute atomic E-state index is 0.706. The molecule has 1 aromatic rings. The third kappa shape index (κ3) is 2.69. The Kier molecular flexibility index (Phi) is 3.55. The van der Waals surface area contributed by atoms with Crippen LogP contribution in [-0.4, -0.2) is 18.7 Å². The van der Waals surface area contributed by atoms with Gasteiger partial charge >= 0.3 is 0 Å². The number of hydrogen-bond acceptors (Lipinski definition) is 2. The Morgan fingerprint density at radius 1 is 1.33 bits per heavy atom. The summed E-state index contributed by atoms with van der Waals surface area (Å²) in [6.07, 6.45) is 7.62. The van der Waals surface area contributed by atoms with Crippen molar-refractivity contribution >= 4 is 0 Å². The molecular weight excluding hydrogens is 222 g/mol. The highest BCUT2D eigenvalue weighted by atomic mass is 16.5. The van der Waals surface area contributed by atoms with E-state index in [0.29, 0.717) is 6.04 Å². The number of rotatable bonds is 3. The molecule has 0 bridgehead atoms. The molecular formula is C16H23NO. The van der Waals surface area contributed by atoms with Crippen LogP contribution in [0.5, 0.6) is 5.75 Å². The molecule has 2 aliphatic heterocycles. The largest absolute Gasteiger partial charge is 0.493 e. The second kappa shape index (κ2) is 5.31. The standard InChI is InChI=1S/C16H23NO/c1-12-3-2-4-15(17-12)7-5-13-6-8-16-14(11-13)9-10-18-16/h6,8,11-12,15,17H,2-5,7,9-10H2,1H3. The summed E-state index contributed by atoms with van der Waals surface area (Å²) in [6.45, 7) is 3.17. The maximum absolute atomic E-state index is 5.55. The number of aryl methyl sites for hydroxylation is 1. The first-order valence-corrected chi connectivity index (χ1v) is 7.32. The van der Waals surface area contributed by atoms with Crippen molar-refractivity contribution in [3.8, 4) is 5.75 Å². The van der Waals surface area contributed by atoms with Crippen LogP contribution in [0.3, 0.4) is 0 Å². The molecule has 18 heavy (non-hydrogen) atoms. The molecule has 2 heteroatoms. The van der Waals surface area contributed by atoms with Gasteiger partial charge in [0.05, 0.1) is 6.61 Å². The van der Waals surface area contributed by atoms with Crippen LogP contribution < -0.4 is 10.1 Å². The molecule has 2 nitrogen and oxygen atoms in total. The van der Waals surface area contributed by atoms with Gasteiger partial charge in [-0.1, -0.05) is 18.6 Å². The second-order valence-electron chi connectivity index (χ2n) is 5.77. The van der Waals surface area contributed by atoms with E-state index in [1.54, 1.807) is 0 Å². The Labute approximate surface area is 110 Å². The van der Waals surface area contributed by atoms with Crippen molar-refractivity contribution in [3.05, 3.63) is 29.3 Å². The monoisotopic (exact) mass is 245 g/mol. The van der Waals surface area contributed by atoms with Crippen molar-refractivity contribution in [1.82, 2.24) is 5.32 Å². The highest BCUT2D eigenvalue weighted by molar-refractivity contribution is 5.39. The lowest BCUT2D eigenvalue weighted by Gasteiger charge is -2.28. The van der Waals surface area contributed by atoms with E-state index >= 15 is 0 Å². The fraction of sp³-hybridized carbons (Fsp3) is 0.625. The lowest BCUT2D eigenvalue weighted by atomic mass is 9.94. The Balaban J connectivity index is 1.56. The molecule has 0 aliphatic carbocycles. The van der Waals surface area contributed by atoms with Crippen molar-refractivity contribution in [2.24, 2.45) is 0 Å². The number of fused-ring (bicyclic) bond motifs is 1. The second-order valence-corrected chi connectivity index (χ2v) is 5.77. The highest BCUT2D eigenvalue weighted by Gasteiger charge is 2.18. The molecule has 1 N–H and O–H groups in total. The molecule has 2 aliphatic rings. The summed E-state index contributed by atoms with van der Waals surface area (Å²) in [6, 6.07) is 8.15. The number of benzene rings is 1. The van der Waals surface area contributed by atoms with Crippen molar-refractivity contribution in [3.63, 3.8) is 0 Å². The molecule has 0 radical (unpaired) electrons. The van der Waals surface area contributed by atoms with Gasteiger partial charge in [0.25, 0.3) is 0 Å². The van der Waals surface area contributed by atoms with Gasteiger partial charge in [0.2, 0.25) is 0 Å². The molecule has 2 atom stereocenters. The number of piperidine rings is 1. The van der Waals surface area contributed by atoms with E-state index < -0.39 is 0 Å². The fourth-order valence-electron chi connectivity index (χ4n) is 3.20. The Hall–Kier alpha value is -1.02. The maximum Gasteiger partial charge on any atom is 0.122 e. The predicted molar refractivity (Wildman–Crippen MR) is 74.2 cm³/mol. The molecule has 1 saturated heterocycles. The summed E-state index contributed by atoms with van der Waals surface area (Å²) in [5.41, 5.74) is 2.87. The summed E-state index contributed by atoms with van der Waals surface area (Å²) in [7, 11) is 0. The van der Waals surface area contributed by atoms with Crippen molar-refractivity contribution in [2.75, 3.05) is 6.61 Å². The van der Waals surface area contributed by atoms with E-state index in [9.17, 15) is 0 Å². The van der Waals surface area contributed by atoms with E-state index in [1.165, 1.54) is 43.2 Å². The van der Waals surface area contributed by atoms with E-state index in [0.717, 1.165) is 24.8 Å². The van der Waals surface area contributed by atoms with Crippen LogP contribution in [-0.2, 0) is 12.8 Å². The smallest absolute Gasteiger partial charge is 0.122 e. The first kappa shape index (κ1) is 12.0. The van der Waals surface area contributed by atoms with Gasteiger partial charge in [-0.15, -0.1) is 0 Å².